The molecule has 1 aliphatic heterocycles. The molecule has 0 unspecified atom stereocenters. The van der Waals surface area contributed by atoms with E-state index in [1.54, 1.807) is 16.8 Å². The summed E-state index contributed by atoms with van der Waals surface area (Å²) in [4.78, 5) is 27.6. The van der Waals surface area contributed by atoms with Crippen LogP contribution < -0.4 is 4.90 Å². The van der Waals surface area contributed by atoms with Gasteiger partial charge in [-0.3, -0.25) is 4.79 Å². The highest BCUT2D eigenvalue weighted by Crippen LogP contribution is 2.30. The Kier molecular flexibility index (Phi) is 6.58. The minimum Gasteiger partial charge on any atom is -0.352 e. The summed E-state index contributed by atoms with van der Waals surface area (Å²) in [6.45, 7) is 4.38. The monoisotopic (exact) mass is 556 g/mol. The minimum absolute atomic E-state index is 0.0401. The van der Waals surface area contributed by atoms with Crippen molar-refractivity contribution in [1.29, 1.82) is 0 Å². The van der Waals surface area contributed by atoms with E-state index in [1.165, 1.54) is 12.1 Å². The lowest BCUT2D eigenvalue weighted by Gasteiger charge is -2.36. The number of aryl methyl sites for hydroxylation is 1. The maximum absolute atomic E-state index is 13.7. The van der Waals surface area contributed by atoms with Gasteiger partial charge in [-0.15, -0.1) is 0 Å². The van der Waals surface area contributed by atoms with Crippen LogP contribution in [0.25, 0.3) is 27.5 Å². The van der Waals surface area contributed by atoms with E-state index in [4.69, 9.17) is 15.1 Å². The predicted molar refractivity (Wildman–Crippen MR) is 163 cm³/mol. The van der Waals surface area contributed by atoms with E-state index < -0.39 is 0 Å². The first-order valence-corrected chi connectivity index (χ1v) is 14.1. The minimum atomic E-state index is -0.303. The standard InChI is InChI=1S/C34H29FN6O/c1-23-31-32(39-17-19-40(20-18-39)34(42)27-12-11-25-9-5-6-10-26(25)22-27)36-30(21-24-7-3-2-4-8-24)37-33(31)41(38-23)29-15-13-28(35)14-16-29/h2-16,22H,17-21H2,1H3. The topological polar surface area (TPSA) is 67.2 Å². The van der Waals surface area contributed by atoms with E-state index in [2.05, 4.69) is 23.1 Å². The average molecular weight is 557 g/mol. The Morgan fingerprint density at radius 1 is 0.810 bits per heavy atom. The Morgan fingerprint density at radius 2 is 1.52 bits per heavy atom. The molecule has 208 valence electrons. The maximum Gasteiger partial charge on any atom is 0.253 e. The number of amides is 1. The Balaban J connectivity index is 1.21. The van der Waals surface area contributed by atoms with Crippen molar-refractivity contribution >= 4 is 33.5 Å². The number of anilines is 1. The molecule has 7 rings (SSSR count). The zero-order chi connectivity index (χ0) is 28.6. The number of piperazine rings is 1. The largest absolute Gasteiger partial charge is 0.352 e. The van der Waals surface area contributed by atoms with E-state index in [0.29, 0.717) is 49.6 Å². The van der Waals surface area contributed by atoms with E-state index in [1.807, 2.05) is 66.4 Å². The fourth-order valence-electron chi connectivity index (χ4n) is 5.68. The van der Waals surface area contributed by atoms with Crippen LogP contribution in [0.1, 0.15) is 27.4 Å². The summed E-state index contributed by atoms with van der Waals surface area (Å²) >= 11 is 0. The predicted octanol–water partition coefficient (Wildman–Crippen LogP) is 5.97. The normalized spacial score (nSPS) is 13.7. The lowest BCUT2D eigenvalue weighted by molar-refractivity contribution is 0.0746. The van der Waals surface area contributed by atoms with Crippen molar-refractivity contribution in [2.45, 2.75) is 13.3 Å². The van der Waals surface area contributed by atoms with E-state index in [0.717, 1.165) is 38.9 Å². The summed E-state index contributed by atoms with van der Waals surface area (Å²) < 4.78 is 15.5. The number of benzene rings is 4. The van der Waals surface area contributed by atoms with Crippen molar-refractivity contribution in [3.8, 4) is 5.69 Å². The zero-order valence-electron chi connectivity index (χ0n) is 23.2. The van der Waals surface area contributed by atoms with Gasteiger partial charge in [-0.1, -0.05) is 60.7 Å². The Hall–Kier alpha value is -5.11. The molecule has 3 heterocycles. The van der Waals surface area contributed by atoms with Crippen LogP contribution in [0.4, 0.5) is 10.2 Å². The van der Waals surface area contributed by atoms with Gasteiger partial charge >= 0.3 is 0 Å². The molecule has 4 aromatic carbocycles. The van der Waals surface area contributed by atoms with Gasteiger partial charge in [0.15, 0.2) is 5.65 Å². The smallest absolute Gasteiger partial charge is 0.253 e. The number of rotatable bonds is 5. The lowest BCUT2D eigenvalue weighted by atomic mass is 10.1. The first kappa shape index (κ1) is 25.8. The summed E-state index contributed by atoms with van der Waals surface area (Å²) in [5.74, 6) is 1.23. The van der Waals surface area contributed by atoms with Gasteiger partial charge in [-0.05, 0) is 59.7 Å². The molecule has 6 aromatic rings. The van der Waals surface area contributed by atoms with Gasteiger partial charge in [0.1, 0.15) is 17.5 Å². The molecule has 1 aliphatic rings. The van der Waals surface area contributed by atoms with Gasteiger partial charge < -0.3 is 9.80 Å². The molecule has 7 nitrogen and oxygen atoms in total. The Bertz CT molecular complexity index is 1910. The van der Waals surface area contributed by atoms with Gasteiger partial charge in [0.25, 0.3) is 5.91 Å². The maximum atomic E-state index is 13.7. The summed E-state index contributed by atoms with van der Waals surface area (Å²) in [6.07, 6.45) is 0.567. The molecule has 0 bridgehead atoms. The molecule has 8 heteroatoms. The quantitative estimate of drug-likeness (QED) is 0.262. The summed E-state index contributed by atoms with van der Waals surface area (Å²) in [7, 11) is 0. The highest BCUT2D eigenvalue weighted by atomic mass is 19.1. The summed E-state index contributed by atoms with van der Waals surface area (Å²) in [5, 5.41) is 7.85. The molecule has 0 atom stereocenters. The van der Waals surface area contributed by atoms with Crippen molar-refractivity contribution in [3.05, 3.63) is 126 Å². The SMILES string of the molecule is Cc1nn(-c2ccc(F)cc2)c2nc(Cc3ccccc3)nc(N3CCN(C(=O)c4ccc5ccccc5c4)CC3)c12. The number of fused-ring (bicyclic) bond motifs is 2. The number of nitrogens with zero attached hydrogens (tertiary/aromatic N) is 6. The van der Waals surface area contributed by atoms with Gasteiger partial charge in [0.2, 0.25) is 0 Å². The Morgan fingerprint density at radius 3 is 2.29 bits per heavy atom. The third-order valence-electron chi connectivity index (χ3n) is 7.87. The van der Waals surface area contributed by atoms with Crippen LogP contribution in [0, 0.1) is 12.7 Å². The first-order chi connectivity index (χ1) is 20.5. The average Bonchev–Trinajstić information content (AvgIpc) is 3.37. The molecular formula is C34H29FN6O. The van der Waals surface area contributed by atoms with Crippen LogP contribution in [0.2, 0.25) is 0 Å². The van der Waals surface area contributed by atoms with Crippen LogP contribution in [-0.2, 0) is 6.42 Å². The van der Waals surface area contributed by atoms with Crippen molar-refractivity contribution in [2.24, 2.45) is 0 Å². The fraction of sp³-hybridized carbons (Fsp3) is 0.176. The second-order valence-electron chi connectivity index (χ2n) is 10.6. The van der Waals surface area contributed by atoms with Gasteiger partial charge in [-0.2, -0.15) is 5.10 Å². The second-order valence-corrected chi connectivity index (χ2v) is 10.6. The Labute approximate surface area is 242 Å². The van der Waals surface area contributed by atoms with Crippen molar-refractivity contribution in [3.63, 3.8) is 0 Å². The second kappa shape index (κ2) is 10.7. The molecule has 0 N–H and O–H groups in total. The number of halogens is 1. The molecule has 0 saturated carbocycles. The highest BCUT2D eigenvalue weighted by molar-refractivity contribution is 5.99. The summed E-state index contributed by atoms with van der Waals surface area (Å²) in [6, 6.07) is 30.4. The number of aromatic nitrogens is 4. The molecule has 2 aromatic heterocycles. The van der Waals surface area contributed by atoms with E-state index in [9.17, 15) is 9.18 Å². The van der Waals surface area contributed by atoms with Gasteiger partial charge in [0, 0.05) is 38.2 Å². The molecule has 1 fully saturated rings. The number of hydrogen-bond acceptors (Lipinski definition) is 5. The van der Waals surface area contributed by atoms with Crippen molar-refractivity contribution < 1.29 is 9.18 Å². The first-order valence-electron chi connectivity index (χ1n) is 14.1. The number of carbonyl (C=O) groups excluding carboxylic acids is 1. The molecule has 0 aliphatic carbocycles. The molecule has 0 radical (unpaired) electrons. The third kappa shape index (κ3) is 4.85. The number of carbonyl (C=O) groups is 1. The lowest BCUT2D eigenvalue weighted by Crippen LogP contribution is -2.49. The van der Waals surface area contributed by atoms with Crippen molar-refractivity contribution in [2.75, 3.05) is 31.1 Å². The van der Waals surface area contributed by atoms with Gasteiger partial charge in [-0.25, -0.2) is 19.0 Å². The highest BCUT2D eigenvalue weighted by Gasteiger charge is 2.27. The van der Waals surface area contributed by atoms with Crippen LogP contribution in [0.5, 0.6) is 0 Å². The van der Waals surface area contributed by atoms with Crippen LogP contribution in [0.15, 0.2) is 97.1 Å². The van der Waals surface area contributed by atoms with E-state index >= 15 is 0 Å². The third-order valence-corrected chi connectivity index (χ3v) is 7.87. The van der Waals surface area contributed by atoms with Crippen LogP contribution >= 0.6 is 0 Å². The molecule has 0 spiro atoms. The van der Waals surface area contributed by atoms with E-state index in [-0.39, 0.29) is 11.7 Å². The van der Waals surface area contributed by atoms with Crippen molar-refractivity contribution in [1.82, 2.24) is 24.6 Å². The molecule has 1 saturated heterocycles. The zero-order valence-corrected chi connectivity index (χ0v) is 23.2. The number of hydrogen-bond donors (Lipinski definition) is 0. The molecule has 1 amide bonds. The molecular weight excluding hydrogens is 527 g/mol. The molecule has 42 heavy (non-hydrogen) atoms. The van der Waals surface area contributed by atoms with Crippen LogP contribution in [0.3, 0.4) is 0 Å². The fourth-order valence-corrected chi connectivity index (χ4v) is 5.68. The van der Waals surface area contributed by atoms with Crippen LogP contribution in [-0.4, -0.2) is 56.7 Å². The summed E-state index contributed by atoms with van der Waals surface area (Å²) in [5.41, 5.74) is 4.02. The van der Waals surface area contributed by atoms with Gasteiger partial charge in [0.05, 0.1) is 16.8 Å².